The molecule has 0 aliphatic heterocycles. The van der Waals surface area contributed by atoms with Crippen molar-refractivity contribution in [2.24, 2.45) is 0 Å². The van der Waals surface area contributed by atoms with Crippen LogP contribution in [-0.4, -0.2) is 40.8 Å². The molecule has 0 spiro atoms. The number of benzene rings is 1. The molecule has 0 aromatic heterocycles. The van der Waals surface area contributed by atoms with E-state index in [4.69, 9.17) is 16.7 Å². The van der Waals surface area contributed by atoms with Gasteiger partial charge in [-0.1, -0.05) is 11.6 Å². The third-order valence-electron chi connectivity index (χ3n) is 2.77. The number of carbonyl (C=O) groups is 1. The van der Waals surface area contributed by atoms with Crippen LogP contribution in [0.1, 0.15) is 23.7 Å². The molecular formula is C12H15ClN2O5. The lowest BCUT2D eigenvalue weighted by molar-refractivity contribution is -0.384. The average molecular weight is 303 g/mol. The van der Waals surface area contributed by atoms with E-state index in [-0.39, 0.29) is 28.6 Å². The second kappa shape index (κ2) is 7.06. The molecule has 0 atom stereocenters. The van der Waals surface area contributed by atoms with Crippen LogP contribution in [0.2, 0.25) is 5.02 Å². The van der Waals surface area contributed by atoms with E-state index >= 15 is 0 Å². The highest BCUT2D eigenvalue weighted by molar-refractivity contribution is 6.34. The highest BCUT2D eigenvalue weighted by Gasteiger charge is 2.23. The van der Waals surface area contributed by atoms with Crippen molar-refractivity contribution in [1.82, 2.24) is 0 Å². The van der Waals surface area contributed by atoms with Gasteiger partial charge in [-0.25, -0.2) is 4.79 Å². The fraction of sp³-hybridized carbons (Fsp3) is 0.417. The number of aromatic carboxylic acids is 1. The molecule has 0 unspecified atom stereocenters. The van der Waals surface area contributed by atoms with Crippen LogP contribution in [0.3, 0.4) is 0 Å². The molecule has 0 aliphatic carbocycles. The van der Waals surface area contributed by atoms with Gasteiger partial charge >= 0.3 is 5.97 Å². The Morgan fingerprint density at radius 2 is 2.15 bits per heavy atom. The molecule has 0 fully saturated rings. The summed E-state index contributed by atoms with van der Waals surface area (Å²) in [6, 6.07) is 2.12. The van der Waals surface area contributed by atoms with Crippen LogP contribution in [0.4, 0.5) is 11.4 Å². The van der Waals surface area contributed by atoms with Crippen LogP contribution >= 0.6 is 11.6 Å². The van der Waals surface area contributed by atoms with Gasteiger partial charge in [-0.2, -0.15) is 0 Å². The highest BCUT2D eigenvalue weighted by Crippen LogP contribution is 2.34. The quantitative estimate of drug-likeness (QED) is 0.591. The zero-order valence-corrected chi connectivity index (χ0v) is 11.6. The molecule has 0 radical (unpaired) electrons. The van der Waals surface area contributed by atoms with Crippen molar-refractivity contribution >= 4 is 28.9 Å². The number of carboxylic acid groups (broad SMARTS) is 1. The van der Waals surface area contributed by atoms with E-state index in [1.165, 1.54) is 0 Å². The number of halogens is 1. The van der Waals surface area contributed by atoms with Gasteiger partial charge in [0.25, 0.3) is 5.69 Å². The van der Waals surface area contributed by atoms with Crippen LogP contribution in [0.5, 0.6) is 0 Å². The van der Waals surface area contributed by atoms with E-state index in [9.17, 15) is 20.0 Å². The van der Waals surface area contributed by atoms with Gasteiger partial charge in [-0.3, -0.25) is 10.1 Å². The zero-order valence-electron chi connectivity index (χ0n) is 10.9. The number of nitrogens with zero attached hydrogens (tertiary/aromatic N) is 2. The molecule has 0 saturated carbocycles. The summed E-state index contributed by atoms with van der Waals surface area (Å²) < 4.78 is 0. The van der Waals surface area contributed by atoms with Gasteiger partial charge in [0.15, 0.2) is 0 Å². The fourth-order valence-electron chi connectivity index (χ4n) is 1.86. The largest absolute Gasteiger partial charge is 0.478 e. The van der Waals surface area contributed by atoms with E-state index in [0.29, 0.717) is 19.5 Å². The number of nitro benzene ring substituents is 1. The Balaban J connectivity index is 3.35. The summed E-state index contributed by atoms with van der Waals surface area (Å²) >= 11 is 6.00. The molecule has 0 saturated heterocycles. The Labute approximate surface area is 120 Å². The smallest absolute Gasteiger partial charge is 0.338 e. The van der Waals surface area contributed by atoms with Crippen molar-refractivity contribution in [3.8, 4) is 0 Å². The summed E-state index contributed by atoms with van der Waals surface area (Å²) in [5, 5.41) is 28.8. The Morgan fingerprint density at radius 3 is 2.60 bits per heavy atom. The van der Waals surface area contributed by atoms with Crippen molar-refractivity contribution in [1.29, 1.82) is 0 Å². The Kier molecular flexibility index (Phi) is 5.72. The number of aliphatic hydroxyl groups excluding tert-OH is 1. The first kappa shape index (κ1) is 16.2. The molecule has 7 nitrogen and oxygen atoms in total. The van der Waals surface area contributed by atoms with Gasteiger partial charge in [0.2, 0.25) is 0 Å². The number of nitro groups is 1. The predicted molar refractivity (Wildman–Crippen MR) is 74.7 cm³/mol. The second-order valence-corrected chi connectivity index (χ2v) is 4.45. The molecule has 2 N–H and O–H groups in total. The van der Waals surface area contributed by atoms with E-state index < -0.39 is 10.9 Å². The zero-order chi connectivity index (χ0) is 15.3. The SMILES string of the molecule is CCN(CCCO)c1c(Cl)cc([N+](=O)[O-])cc1C(=O)O. The minimum absolute atomic E-state index is 0.0105. The Hall–Kier alpha value is -1.86. The van der Waals surface area contributed by atoms with E-state index in [0.717, 1.165) is 12.1 Å². The maximum atomic E-state index is 11.3. The van der Waals surface area contributed by atoms with Gasteiger partial charge in [-0.05, 0) is 13.3 Å². The van der Waals surface area contributed by atoms with Crippen molar-refractivity contribution < 1.29 is 19.9 Å². The van der Waals surface area contributed by atoms with Crippen LogP contribution in [0.15, 0.2) is 12.1 Å². The lowest BCUT2D eigenvalue weighted by atomic mass is 10.1. The molecular weight excluding hydrogens is 288 g/mol. The number of carboxylic acids is 1. The summed E-state index contributed by atoms with van der Waals surface area (Å²) in [5.41, 5.74) is -0.348. The van der Waals surface area contributed by atoms with Gasteiger partial charge in [0.1, 0.15) is 0 Å². The maximum absolute atomic E-state index is 11.3. The number of hydrogen-bond acceptors (Lipinski definition) is 5. The minimum atomic E-state index is -1.28. The molecule has 1 aromatic carbocycles. The molecule has 0 aliphatic rings. The summed E-state index contributed by atoms with van der Waals surface area (Å²) in [4.78, 5) is 23.0. The number of rotatable bonds is 7. The second-order valence-electron chi connectivity index (χ2n) is 4.04. The third-order valence-corrected chi connectivity index (χ3v) is 3.06. The summed E-state index contributed by atoms with van der Waals surface area (Å²) in [5.74, 6) is -1.28. The lowest BCUT2D eigenvalue weighted by Crippen LogP contribution is -2.27. The van der Waals surface area contributed by atoms with E-state index in [1.54, 1.807) is 11.8 Å². The van der Waals surface area contributed by atoms with Gasteiger partial charge in [0.05, 0.1) is 21.2 Å². The molecule has 0 heterocycles. The number of aliphatic hydroxyl groups is 1. The number of hydrogen-bond donors (Lipinski definition) is 2. The van der Waals surface area contributed by atoms with Crippen molar-refractivity contribution in [2.45, 2.75) is 13.3 Å². The Morgan fingerprint density at radius 1 is 1.50 bits per heavy atom. The summed E-state index contributed by atoms with van der Waals surface area (Å²) in [6.45, 7) is 2.65. The highest BCUT2D eigenvalue weighted by atomic mass is 35.5. The summed E-state index contributed by atoms with van der Waals surface area (Å²) in [6.07, 6.45) is 0.445. The van der Waals surface area contributed by atoms with Crippen molar-refractivity contribution in [3.05, 3.63) is 32.8 Å². The third kappa shape index (κ3) is 3.58. The molecule has 0 amide bonds. The van der Waals surface area contributed by atoms with Gasteiger partial charge in [0, 0.05) is 31.8 Å². The van der Waals surface area contributed by atoms with Gasteiger partial charge < -0.3 is 15.1 Å². The molecule has 8 heteroatoms. The molecule has 20 heavy (non-hydrogen) atoms. The van der Waals surface area contributed by atoms with Crippen LogP contribution in [-0.2, 0) is 0 Å². The lowest BCUT2D eigenvalue weighted by Gasteiger charge is -2.25. The fourth-order valence-corrected chi connectivity index (χ4v) is 2.20. The van der Waals surface area contributed by atoms with Crippen molar-refractivity contribution in [2.75, 3.05) is 24.6 Å². The maximum Gasteiger partial charge on any atom is 0.338 e. The predicted octanol–water partition coefficient (Wildman–Crippen LogP) is 2.16. The monoisotopic (exact) mass is 302 g/mol. The molecule has 1 aromatic rings. The van der Waals surface area contributed by atoms with Gasteiger partial charge in [-0.15, -0.1) is 0 Å². The molecule has 0 bridgehead atoms. The van der Waals surface area contributed by atoms with E-state index in [2.05, 4.69) is 0 Å². The first-order valence-electron chi connectivity index (χ1n) is 5.99. The number of non-ortho nitro benzene ring substituents is 1. The normalized spacial score (nSPS) is 10.3. The Bertz CT molecular complexity index is 521. The van der Waals surface area contributed by atoms with Crippen LogP contribution < -0.4 is 4.90 Å². The molecule has 110 valence electrons. The van der Waals surface area contributed by atoms with E-state index in [1.807, 2.05) is 0 Å². The van der Waals surface area contributed by atoms with Crippen molar-refractivity contribution in [3.63, 3.8) is 0 Å². The standard InChI is InChI=1S/C12H15ClN2O5/c1-2-14(4-3-5-16)11-9(12(17)18)6-8(15(19)20)7-10(11)13/h6-7,16H,2-5H2,1H3,(H,17,18). The molecule has 1 rings (SSSR count). The number of anilines is 1. The topological polar surface area (TPSA) is 104 Å². The first-order valence-corrected chi connectivity index (χ1v) is 6.37. The first-order chi connectivity index (χ1) is 9.42. The minimum Gasteiger partial charge on any atom is -0.478 e. The van der Waals surface area contributed by atoms with Crippen LogP contribution in [0, 0.1) is 10.1 Å². The van der Waals surface area contributed by atoms with Crippen LogP contribution in [0.25, 0.3) is 0 Å². The summed E-state index contributed by atoms with van der Waals surface area (Å²) in [7, 11) is 0. The average Bonchev–Trinajstić information content (AvgIpc) is 2.39.